The summed E-state index contributed by atoms with van der Waals surface area (Å²) in [6.45, 7) is 1.96. The lowest BCUT2D eigenvalue weighted by Crippen LogP contribution is -2.25. The molecular formula is C8H18N2O2. The summed E-state index contributed by atoms with van der Waals surface area (Å²) in [5.74, 6) is 0.0801. The number of nitrogens with one attached hydrogen (secondary N) is 1. The smallest absolute Gasteiger partial charge is 0.220 e. The van der Waals surface area contributed by atoms with Crippen LogP contribution < -0.4 is 11.1 Å². The lowest BCUT2D eigenvalue weighted by atomic mass is 10.3. The first kappa shape index (κ1) is 11.4. The van der Waals surface area contributed by atoms with Crippen molar-refractivity contribution in [3.8, 4) is 0 Å². The van der Waals surface area contributed by atoms with E-state index in [4.69, 9.17) is 10.5 Å². The second-order valence-electron chi connectivity index (χ2n) is 2.59. The van der Waals surface area contributed by atoms with Crippen molar-refractivity contribution in [3.63, 3.8) is 0 Å². The maximum atomic E-state index is 11.0. The first-order chi connectivity index (χ1) is 5.81. The van der Waals surface area contributed by atoms with Crippen LogP contribution in [0.4, 0.5) is 0 Å². The Morgan fingerprint density at radius 2 is 2.25 bits per heavy atom. The van der Waals surface area contributed by atoms with Gasteiger partial charge in [0.15, 0.2) is 0 Å². The Labute approximate surface area is 73.5 Å². The van der Waals surface area contributed by atoms with Crippen LogP contribution in [0, 0.1) is 0 Å². The first-order valence-electron chi connectivity index (χ1n) is 4.27. The summed E-state index contributed by atoms with van der Waals surface area (Å²) in [5.41, 5.74) is 5.25. The Morgan fingerprint density at radius 3 is 2.83 bits per heavy atom. The van der Waals surface area contributed by atoms with Gasteiger partial charge in [-0.15, -0.1) is 0 Å². The van der Waals surface area contributed by atoms with Gasteiger partial charge in [0.1, 0.15) is 0 Å². The normalized spacial score (nSPS) is 9.83. The minimum atomic E-state index is 0.0801. The predicted octanol–water partition coefficient (Wildman–Crippen LogP) is -0.122. The Bertz CT molecular complexity index is 118. The summed E-state index contributed by atoms with van der Waals surface area (Å²) < 4.78 is 4.83. The van der Waals surface area contributed by atoms with Crippen LogP contribution in [0.2, 0.25) is 0 Å². The number of hydrogen-bond acceptors (Lipinski definition) is 3. The van der Waals surface area contributed by atoms with Crippen molar-refractivity contribution in [2.45, 2.75) is 19.3 Å². The van der Waals surface area contributed by atoms with Gasteiger partial charge in [0.25, 0.3) is 0 Å². The number of rotatable bonds is 7. The molecule has 0 radical (unpaired) electrons. The minimum absolute atomic E-state index is 0.0801. The number of nitrogens with two attached hydrogens (primary N) is 1. The van der Waals surface area contributed by atoms with Crippen LogP contribution in [0.1, 0.15) is 19.3 Å². The molecule has 4 heteroatoms. The van der Waals surface area contributed by atoms with E-state index >= 15 is 0 Å². The SMILES string of the molecule is COCCCNC(=O)CCCN. The molecule has 12 heavy (non-hydrogen) atoms. The van der Waals surface area contributed by atoms with Gasteiger partial charge >= 0.3 is 0 Å². The predicted molar refractivity (Wildman–Crippen MR) is 47.8 cm³/mol. The molecule has 4 nitrogen and oxygen atoms in total. The van der Waals surface area contributed by atoms with Crippen molar-refractivity contribution in [1.82, 2.24) is 5.32 Å². The molecular weight excluding hydrogens is 156 g/mol. The van der Waals surface area contributed by atoms with Gasteiger partial charge in [-0.05, 0) is 19.4 Å². The van der Waals surface area contributed by atoms with Crippen molar-refractivity contribution in [1.29, 1.82) is 0 Å². The molecule has 0 rings (SSSR count). The second kappa shape index (κ2) is 8.49. The number of carbonyl (C=O) groups excluding carboxylic acids is 1. The fourth-order valence-corrected chi connectivity index (χ4v) is 0.795. The highest BCUT2D eigenvalue weighted by Crippen LogP contribution is 1.85. The topological polar surface area (TPSA) is 64.3 Å². The molecule has 0 atom stereocenters. The van der Waals surface area contributed by atoms with Gasteiger partial charge in [-0.25, -0.2) is 0 Å². The van der Waals surface area contributed by atoms with E-state index in [1.807, 2.05) is 0 Å². The van der Waals surface area contributed by atoms with Crippen molar-refractivity contribution in [2.75, 3.05) is 26.8 Å². The highest BCUT2D eigenvalue weighted by molar-refractivity contribution is 5.75. The average Bonchev–Trinajstić information content (AvgIpc) is 2.09. The molecule has 0 aromatic heterocycles. The number of carbonyl (C=O) groups is 1. The Kier molecular flexibility index (Phi) is 8.05. The molecule has 0 aliphatic heterocycles. The number of hydrogen-bond donors (Lipinski definition) is 2. The van der Waals surface area contributed by atoms with Crippen molar-refractivity contribution in [3.05, 3.63) is 0 Å². The van der Waals surface area contributed by atoms with Crippen LogP contribution in [-0.2, 0) is 9.53 Å². The minimum Gasteiger partial charge on any atom is -0.385 e. The molecule has 72 valence electrons. The van der Waals surface area contributed by atoms with Crippen LogP contribution in [0.15, 0.2) is 0 Å². The maximum absolute atomic E-state index is 11.0. The molecule has 0 spiro atoms. The molecule has 0 unspecified atom stereocenters. The third-order valence-electron chi connectivity index (χ3n) is 1.46. The summed E-state index contributed by atoms with van der Waals surface area (Å²) in [6.07, 6.45) is 2.16. The summed E-state index contributed by atoms with van der Waals surface area (Å²) in [6, 6.07) is 0. The fraction of sp³-hybridized carbons (Fsp3) is 0.875. The van der Waals surface area contributed by atoms with Gasteiger partial charge in [-0.2, -0.15) is 0 Å². The van der Waals surface area contributed by atoms with Gasteiger partial charge in [-0.1, -0.05) is 0 Å². The summed E-state index contributed by atoms with van der Waals surface area (Å²) >= 11 is 0. The maximum Gasteiger partial charge on any atom is 0.220 e. The monoisotopic (exact) mass is 174 g/mol. The Balaban J connectivity index is 3.08. The zero-order valence-corrected chi connectivity index (χ0v) is 7.64. The van der Waals surface area contributed by atoms with E-state index in [-0.39, 0.29) is 5.91 Å². The zero-order valence-electron chi connectivity index (χ0n) is 7.64. The molecule has 1 amide bonds. The molecule has 0 heterocycles. The van der Waals surface area contributed by atoms with Gasteiger partial charge in [0.2, 0.25) is 5.91 Å². The molecule has 0 aliphatic carbocycles. The van der Waals surface area contributed by atoms with E-state index in [0.29, 0.717) is 26.1 Å². The van der Waals surface area contributed by atoms with Crippen LogP contribution in [0.3, 0.4) is 0 Å². The quantitative estimate of drug-likeness (QED) is 0.529. The van der Waals surface area contributed by atoms with E-state index in [9.17, 15) is 4.79 Å². The van der Waals surface area contributed by atoms with E-state index < -0.39 is 0 Å². The summed E-state index contributed by atoms with van der Waals surface area (Å²) in [5, 5.41) is 2.78. The van der Waals surface area contributed by atoms with Gasteiger partial charge in [0, 0.05) is 26.7 Å². The Morgan fingerprint density at radius 1 is 1.50 bits per heavy atom. The van der Waals surface area contributed by atoms with Crippen molar-refractivity contribution in [2.24, 2.45) is 5.73 Å². The van der Waals surface area contributed by atoms with Gasteiger partial charge < -0.3 is 15.8 Å². The van der Waals surface area contributed by atoms with E-state index in [0.717, 1.165) is 12.8 Å². The van der Waals surface area contributed by atoms with Crippen LogP contribution in [-0.4, -0.2) is 32.7 Å². The largest absolute Gasteiger partial charge is 0.385 e. The third-order valence-corrected chi connectivity index (χ3v) is 1.46. The van der Waals surface area contributed by atoms with Crippen LogP contribution in [0.5, 0.6) is 0 Å². The Hall–Kier alpha value is -0.610. The fourth-order valence-electron chi connectivity index (χ4n) is 0.795. The lowest BCUT2D eigenvalue weighted by Gasteiger charge is -2.03. The number of methoxy groups -OCH3 is 1. The second-order valence-corrected chi connectivity index (χ2v) is 2.59. The van der Waals surface area contributed by atoms with Gasteiger partial charge in [0.05, 0.1) is 0 Å². The van der Waals surface area contributed by atoms with E-state index in [1.165, 1.54) is 0 Å². The summed E-state index contributed by atoms with van der Waals surface area (Å²) in [4.78, 5) is 11.0. The molecule has 0 aromatic rings. The number of ether oxygens (including phenoxy) is 1. The lowest BCUT2D eigenvalue weighted by molar-refractivity contribution is -0.121. The molecule has 0 fully saturated rings. The molecule has 0 aromatic carbocycles. The van der Waals surface area contributed by atoms with Crippen molar-refractivity contribution >= 4 is 5.91 Å². The first-order valence-corrected chi connectivity index (χ1v) is 4.27. The molecule has 0 saturated heterocycles. The van der Waals surface area contributed by atoms with Crippen molar-refractivity contribution < 1.29 is 9.53 Å². The standard InChI is InChI=1S/C8H18N2O2/c1-12-7-3-6-10-8(11)4-2-5-9/h2-7,9H2,1H3,(H,10,11). The highest BCUT2D eigenvalue weighted by Gasteiger charge is 1.97. The van der Waals surface area contributed by atoms with E-state index in [1.54, 1.807) is 7.11 Å². The van der Waals surface area contributed by atoms with Gasteiger partial charge in [-0.3, -0.25) is 4.79 Å². The van der Waals surface area contributed by atoms with Crippen LogP contribution >= 0.6 is 0 Å². The average molecular weight is 174 g/mol. The summed E-state index contributed by atoms with van der Waals surface area (Å²) in [7, 11) is 1.65. The highest BCUT2D eigenvalue weighted by atomic mass is 16.5. The molecule has 3 N–H and O–H groups in total. The zero-order chi connectivity index (χ0) is 9.23. The van der Waals surface area contributed by atoms with E-state index in [2.05, 4.69) is 5.32 Å². The third kappa shape index (κ3) is 7.50. The molecule has 0 bridgehead atoms. The van der Waals surface area contributed by atoms with Crippen LogP contribution in [0.25, 0.3) is 0 Å². The number of amides is 1. The molecule has 0 aliphatic rings. The molecule has 0 saturated carbocycles.